The van der Waals surface area contributed by atoms with Crippen molar-refractivity contribution in [2.45, 2.75) is 32.1 Å². The molecular formula is C13H20N4. The van der Waals surface area contributed by atoms with E-state index in [9.17, 15) is 0 Å². The largest absolute Gasteiger partial charge is 0.353 e. The fourth-order valence-electron chi connectivity index (χ4n) is 2.70. The Morgan fingerprint density at radius 3 is 2.71 bits per heavy atom. The van der Waals surface area contributed by atoms with Gasteiger partial charge in [0.25, 0.3) is 0 Å². The summed E-state index contributed by atoms with van der Waals surface area (Å²) in [4.78, 5) is 2.34. The molecule has 0 spiro atoms. The summed E-state index contributed by atoms with van der Waals surface area (Å²) in [5, 5.41) is 12.2. The molecule has 0 aromatic carbocycles. The van der Waals surface area contributed by atoms with Crippen LogP contribution >= 0.6 is 0 Å². The summed E-state index contributed by atoms with van der Waals surface area (Å²) in [7, 11) is 0. The van der Waals surface area contributed by atoms with E-state index in [0.717, 1.165) is 38.4 Å². The Kier molecular flexibility index (Phi) is 3.22. The number of hydrogen-bond donors (Lipinski definition) is 1. The first-order valence-corrected chi connectivity index (χ1v) is 6.74. The molecule has 0 amide bonds. The minimum absolute atomic E-state index is 1.05. The summed E-state index contributed by atoms with van der Waals surface area (Å²) in [6.45, 7) is 4.21. The summed E-state index contributed by atoms with van der Waals surface area (Å²) >= 11 is 0. The van der Waals surface area contributed by atoms with Crippen LogP contribution < -0.4 is 10.2 Å². The first-order chi connectivity index (χ1) is 8.43. The average molecular weight is 232 g/mol. The van der Waals surface area contributed by atoms with Gasteiger partial charge in [-0.1, -0.05) is 6.42 Å². The zero-order chi connectivity index (χ0) is 11.5. The predicted octanol–water partition coefficient (Wildman–Crippen LogP) is 1.16. The molecule has 0 bridgehead atoms. The molecular weight excluding hydrogens is 212 g/mol. The molecule has 2 aliphatic rings. The van der Waals surface area contributed by atoms with Crippen LogP contribution in [0.3, 0.4) is 0 Å². The second kappa shape index (κ2) is 5.00. The molecule has 1 saturated heterocycles. The van der Waals surface area contributed by atoms with Crippen molar-refractivity contribution in [1.82, 2.24) is 15.5 Å². The lowest BCUT2D eigenvalue weighted by Gasteiger charge is -2.28. The van der Waals surface area contributed by atoms with E-state index in [-0.39, 0.29) is 0 Å². The third kappa shape index (κ3) is 2.41. The lowest BCUT2D eigenvalue weighted by atomic mass is 10.1. The molecule has 1 fully saturated rings. The van der Waals surface area contributed by atoms with E-state index in [4.69, 9.17) is 0 Å². The third-order valence-electron chi connectivity index (χ3n) is 3.75. The molecule has 1 aliphatic carbocycles. The molecule has 0 radical (unpaired) electrons. The Bertz CT molecular complexity index is 385. The van der Waals surface area contributed by atoms with Crippen LogP contribution in [-0.2, 0) is 12.8 Å². The van der Waals surface area contributed by atoms with E-state index < -0.39 is 0 Å². The Hall–Kier alpha value is -1.16. The molecule has 4 nitrogen and oxygen atoms in total. The lowest BCUT2D eigenvalue weighted by Crippen LogP contribution is -2.44. The first-order valence-electron chi connectivity index (χ1n) is 6.74. The van der Waals surface area contributed by atoms with Crippen molar-refractivity contribution in [3.05, 3.63) is 17.3 Å². The number of hydrogen-bond acceptors (Lipinski definition) is 4. The van der Waals surface area contributed by atoms with Crippen molar-refractivity contribution >= 4 is 5.82 Å². The van der Waals surface area contributed by atoms with Gasteiger partial charge < -0.3 is 10.2 Å². The number of rotatable bonds is 1. The summed E-state index contributed by atoms with van der Waals surface area (Å²) in [5.74, 6) is 1.08. The van der Waals surface area contributed by atoms with Gasteiger partial charge in [0.15, 0.2) is 5.82 Å². The molecule has 1 aromatic heterocycles. The SMILES string of the molecule is c1c(N2CCNCC2)nnc2c1CCCCC2. The fourth-order valence-corrected chi connectivity index (χ4v) is 2.70. The Morgan fingerprint density at radius 1 is 1.00 bits per heavy atom. The van der Waals surface area contributed by atoms with Crippen LogP contribution in [0, 0.1) is 0 Å². The molecule has 1 aliphatic heterocycles. The van der Waals surface area contributed by atoms with Gasteiger partial charge in [-0.05, 0) is 37.3 Å². The van der Waals surface area contributed by atoms with E-state index in [1.54, 1.807) is 0 Å². The molecule has 0 atom stereocenters. The Balaban J connectivity index is 1.83. The number of fused-ring (bicyclic) bond motifs is 1. The Labute approximate surface area is 102 Å². The summed E-state index contributed by atoms with van der Waals surface area (Å²) < 4.78 is 0. The molecule has 2 heterocycles. The molecule has 1 N–H and O–H groups in total. The van der Waals surface area contributed by atoms with Gasteiger partial charge in [-0.2, -0.15) is 5.10 Å². The van der Waals surface area contributed by atoms with Crippen LogP contribution in [-0.4, -0.2) is 36.4 Å². The van der Waals surface area contributed by atoms with Gasteiger partial charge in [0.05, 0.1) is 5.69 Å². The third-order valence-corrected chi connectivity index (χ3v) is 3.75. The van der Waals surface area contributed by atoms with Crippen molar-refractivity contribution in [3.63, 3.8) is 0 Å². The highest BCUT2D eigenvalue weighted by Crippen LogP contribution is 2.21. The fraction of sp³-hybridized carbons (Fsp3) is 0.692. The number of anilines is 1. The normalized spacial score (nSPS) is 20.8. The minimum atomic E-state index is 1.05. The van der Waals surface area contributed by atoms with E-state index >= 15 is 0 Å². The average Bonchev–Trinajstić information content (AvgIpc) is 2.64. The van der Waals surface area contributed by atoms with Crippen molar-refractivity contribution < 1.29 is 0 Å². The second-order valence-electron chi connectivity index (χ2n) is 4.97. The Morgan fingerprint density at radius 2 is 1.82 bits per heavy atom. The van der Waals surface area contributed by atoms with Crippen molar-refractivity contribution in [2.24, 2.45) is 0 Å². The van der Waals surface area contributed by atoms with E-state index in [1.165, 1.54) is 36.9 Å². The van der Waals surface area contributed by atoms with Crippen molar-refractivity contribution in [3.8, 4) is 0 Å². The van der Waals surface area contributed by atoms with Gasteiger partial charge in [-0.3, -0.25) is 0 Å². The minimum Gasteiger partial charge on any atom is -0.353 e. The lowest BCUT2D eigenvalue weighted by molar-refractivity contribution is 0.581. The van der Waals surface area contributed by atoms with Crippen LogP contribution in [0.1, 0.15) is 30.5 Å². The number of aryl methyl sites for hydroxylation is 2. The van der Waals surface area contributed by atoms with Crippen LogP contribution in [0.25, 0.3) is 0 Å². The molecule has 17 heavy (non-hydrogen) atoms. The van der Waals surface area contributed by atoms with Crippen molar-refractivity contribution in [1.29, 1.82) is 0 Å². The smallest absolute Gasteiger partial charge is 0.151 e. The van der Waals surface area contributed by atoms with Gasteiger partial charge >= 0.3 is 0 Å². The van der Waals surface area contributed by atoms with E-state index in [1.807, 2.05) is 0 Å². The highest BCUT2D eigenvalue weighted by atomic mass is 15.3. The van der Waals surface area contributed by atoms with Gasteiger partial charge in [-0.25, -0.2) is 0 Å². The van der Waals surface area contributed by atoms with Gasteiger partial charge in [0, 0.05) is 26.2 Å². The van der Waals surface area contributed by atoms with E-state index in [2.05, 4.69) is 26.5 Å². The maximum absolute atomic E-state index is 4.44. The quantitative estimate of drug-likeness (QED) is 0.738. The molecule has 0 saturated carbocycles. The van der Waals surface area contributed by atoms with Gasteiger partial charge in [0.2, 0.25) is 0 Å². The monoisotopic (exact) mass is 232 g/mol. The van der Waals surface area contributed by atoms with Crippen LogP contribution in [0.15, 0.2) is 6.07 Å². The second-order valence-corrected chi connectivity index (χ2v) is 4.97. The van der Waals surface area contributed by atoms with E-state index in [0.29, 0.717) is 0 Å². The molecule has 92 valence electrons. The highest BCUT2D eigenvalue weighted by Gasteiger charge is 2.16. The number of nitrogens with zero attached hydrogens (tertiary/aromatic N) is 3. The molecule has 0 unspecified atom stereocenters. The number of nitrogens with one attached hydrogen (secondary N) is 1. The summed E-state index contributed by atoms with van der Waals surface area (Å²) in [6.07, 6.45) is 6.21. The van der Waals surface area contributed by atoms with Crippen molar-refractivity contribution in [2.75, 3.05) is 31.1 Å². The van der Waals surface area contributed by atoms with Gasteiger partial charge in [0.1, 0.15) is 0 Å². The zero-order valence-electron chi connectivity index (χ0n) is 10.3. The maximum Gasteiger partial charge on any atom is 0.151 e. The molecule has 1 aromatic rings. The predicted molar refractivity (Wildman–Crippen MR) is 68.4 cm³/mol. The van der Waals surface area contributed by atoms with Crippen LogP contribution in [0.5, 0.6) is 0 Å². The summed E-state index contributed by atoms with van der Waals surface area (Å²) in [5.41, 5.74) is 2.67. The highest BCUT2D eigenvalue weighted by molar-refractivity contribution is 5.42. The topological polar surface area (TPSA) is 41.0 Å². The number of piperazine rings is 1. The number of aromatic nitrogens is 2. The maximum atomic E-state index is 4.44. The standard InChI is InChI=1S/C13H20N4/c1-2-4-11-10-13(16-15-12(11)5-3-1)17-8-6-14-7-9-17/h10,14H,1-9H2. The molecule has 3 rings (SSSR count). The first kappa shape index (κ1) is 11.0. The summed E-state index contributed by atoms with van der Waals surface area (Å²) in [6, 6.07) is 2.28. The molecule has 4 heteroatoms. The van der Waals surface area contributed by atoms with Gasteiger partial charge in [-0.15, -0.1) is 5.10 Å². The zero-order valence-corrected chi connectivity index (χ0v) is 10.3. The van der Waals surface area contributed by atoms with Crippen LogP contribution in [0.4, 0.5) is 5.82 Å². The van der Waals surface area contributed by atoms with Crippen LogP contribution in [0.2, 0.25) is 0 Å².